The second kappa shape index (κ2) is 6.38. The van der Waals surface area contributed by atoms with Crippen molar-refractivity contribution in [2.75, 3.05) is 33.7 Å². The van der Waals surface area contributed by atoms with E-state index in [4.69, 9.17) is 5.84 Å². The molecular formula is C13H22FN5. The molecule has 2 unspecified atom stereocenters. The van der Waals surface area contributed by atoms with Crippen molar-refractivity contribution >= 4 is 0 Å². The first kappa shape index (κ1) is 14.3. The number of halogens is 1. The molecule has 0 saturated carbocycles. The minimum absolute atomic E-state index is 0.131. The molecule has 0 aliphatic carbocycles. The summed E-state index contributed by atoms with van der Waals surface area (Å²) >= 11 is 0. The highest BCUT2D eigenvalue weighted by molar-refractivity contribution is 5.17. The van der Waals surface area contributed by atoms with E-state index in [1.165, 1.54) is 12.3 Å². The van der Waals surface area contributed by atoms with Gasteiger partial charge in [0.05, 0.1) is 12.2 Å². The summed E-state index contributed by atoms with van der Waals surface area (Å²) < 4.78 is 13.3. The molecule has 0 amide bonds. The Morgan fingerprint density at radius 3 is 2.89 bits per heavy atom. The van der Waals surface area contributed by atoms with Crippen molar-refractivity contribution < 1.29 is 4.39 Å². The summed E-state index contributed by atoms with van der Waals surface area (Å²) in [6.07, 6.45) is 4.01. The summed E-state index contributed by atoms with van der Waals surface area (Å²) in [7, 11) is 4.18. The third-order valence-corrected chi connectivity index (χ3v) is 3.77. The molecular weight excluding hydrogens is 245 g/mol. The third kappa shape index (κ3) is 3.48. The first-order valence-electron chi connectivity index (χ1n) is 6.57. The van der Waals surface area contributed by atoms with Gasteiger partial charge in [0.1, 0.15) is 5.82 Å². The predicted octanol–water partition coefficient (Wildman–Crippen LogP) is 0.361. The monoisotopic (exact) mass is 267 g/mol. The number of nitrogens with zero attached hydrogens (tertiary/aromatic N) is 3. The van der Waals surface area contributed by atoms with Crippen LogP contribution in [0.1, 0.15) is 18.0 Å². The first-order chi connectivity index (χ1) is 9.11. The lowest BCUT2D eigenvalue weighted by molar-refractivity contribution is 0.178. The largest absolute Gasteiger partial charge is 0.305 e. The average molecular weight is 267 g/mol. The van der Waals surface area contributed by atoms with Gasteiger partial charge in [0.25, 0.3) is 0 Å². The van der Waals surface area contributed by atoms with Gasteiger partial charge in [-0.25, -0.2) is 4.39 Å². The van der Waals surface area contributed by atoms with Gasteiger partial charge in [-0.2, -0.15) is 0 Å². The Morgan fingerprint density at radius 2 is 2.21 bits per heavy atom. The highest BCUT2D eigenvalue weighted by Gasteiger charge is 2.29. The smallest absolute Gasteiger partial charge is 0.141 e. The van der Waals surface area contributed by atoms with E-state index in [0.29, 0.717) is 0 Å². The Kier molecular flexibility index (Phi) is 4.81. The standard InChI is InChI=1S/C13H22FN5/c1-18-4-3-5-19(2)12(9-18)13(17-15)10-6-11(14)8-16-7-10/h6-8,12-13,17H,3-5,9,15H2,1-2H3. The molecule has 5 nitrogen and oxygen atoms in total. The summed E-state index contributed by atoms with van der Waals surface area (Å²) in [6.45, 7) is 2.97. The molecule has 1 fully saturated rings. The van der Waals surface area contributed by atoms with E-state index < -0.39 is 0 Å². The Bertz CT molecular complexity index is 414. The Balaban J connectivity index is 2.24. The fraction of sp³-hybridized carbons (Fsp3) is 0.615. The fourth-order valence-corrected chi connectivity index (χ4v) is 2.69. The van der Waals surface area contributed by atoms with Gasteiger partial charge in [-0.3, -0.25) is 16.3 Å². The fourth-order valence-electron chi connectivity index (χ4n) is 2.69. The zero-order valence-corrected chi connectivity index (χ0v) is 11.5. The normalized spacial score (nSPS) is 24.1. The van der Waals surface area contributed by atoms with Crippen LogP contribution in [-0.4, -0.2) is 54.6 Å². The van der Waals surface area contributed by atoms with Crippen LogP contribution in [0.5, 0.6) is 0 Å². The molecule has 6 heteroatoms. The van der Waals surface area contributed by atoms with E-state index in [0.717, 1.165) is 31.6 Å². The van der Waals surface area contributed by atoms with E-state index in [9.17, 15) is 4.39 Å². The molecule has 3 N–H and O–H groups in total. The molecule has 2 heterocycles. The molecule has 1 aliphatic rings. The number of aromatic nitrogens is 1. The van der Waals surface area contributed by atoms with Gasteiger partial charge in [-0.15, -0.1) is 0 Å². The molecule has 0 bridgehead atoms. The topological polar surface area (TPSA) is 57.4 Å². The van der Waals surface area contributed by atoms with Crippen LogP contribution in [0, 0.1) is 5.82 Å². The zero-order valence-electron chi connectivity index (χ0n) is 11.5. The average Bonchev–Trinajstić information content (AvgIpc) is 2.53. The second-order valence-electron chi connectivity index (χ2n) is 5.24. The number of hydrogen-bond donors (Lipinski definition) is 2. The molecule has 0 aromatic carbocycles. The second-order valence-corrected chi connectivity index (χ2v) is 5.24. The number of hydrazine groups is 1. The van der Waals surface area contributed by atoms with E-state index >= 15 is 0 Å². The van der Waals surface area contributed by atoms with Gasteiger partial charge in [0, 0.05) is 18.8 Å². The molecule has 19 heavy (non-hydrogen) atoms. The molecule has 0 spiro atoms. The van der Waals surface area contributed by atoms with Crippen LogP contribution < -0.4 is 11.3 Å². The van der Waals surface area contributed by atoms with Crippen molar-refractivity contribution in [2.45, 2.75) is 18.5 Å². The highest BCUT2D eigenvalue weighted by atomic mass is 19.1. The van der Waals surface area contributed by atoms with Gasteiger partial charge in [-0.1, -0.05) is 0 Å². The number of nitrogens with two attached hydrogens (primary N) is 1. The van der Waals surface area contributed by atoms with Gasteiger partial charge in [0.2, 0.25) is 0 Å². The van der Waals surface area contributed by atoms with Crippen LogP contribution >= 0.6 is 0 Å². The third-order valence-electron chi connectivity index (χ3n) is 3.77. The molecule has 0 radical (unpaired) electrons. The maximum absolute atomic E-state index is 13.3. The van der Waals surface area contributed by atoms with Gasteiger partial charge >= 0.3 is 0 Å². The number of likely N-dealkylation sites (N-methyl/N-ethyl adjacent to an activating group) is 2. The van der Waals surface area contributed by atoms with E-state index in [1.54, 1.807) is 6.20 Å². The number of hydrogen-bond acceptors (Lipinski definition) is 5. The predicted molar refractivity (Wildman–Crippen MR) is 72.8 cm³/mol. The summed E-state index contributed by atoms with van der Waals surface area (Å²) in [5, 5.41) is 0. The summed E-state index contributed by atoms with van der Waals surface area (Å²) in [5.41, 5.74) is 3.61. The van der Waals surface area contributed by atoms with Crippen LogP contribution in [0.4, 0.5) is 4.39 Å². The van der Waals surface area contributed by atoms with Crippen molar-refractivity contribution in [2.24, 2.45) is 5.84 Å². The molecule has 2 rings (SSSR count). The number of nitrogens with one attached hydrogen (secondary N) is 1. The van der Waals surface area contributed by atoms with E-state index in [-0.39, 0.29) is 17.9 Å². The van der Waals surface area contributed by atoms with E-state index in [1.807, 2.05) is 0 Å². The lowest BCUT2D eigenvalue weighted by Crippen LogP contribution is -2.48. The van der Waals surface area contributed by atoms with Crippen LogP contribution in [0.25, 0.3) is 0 Å². The number of rotatable bonds is 3. The van der Waals surface area contributed by atoms with E-state index in [2.05, 4.69) is 34.3 Å². The SMILES string of the molecule is CN1CCCN(C)C(C(NN)c2cncc(F)c2)C1. The minimum atomic E-state index is -0.331. The molecule has 1 aromatic heterocycles. The van der Waals surface area contributed by atoms with Crippen LogP contribution in [0.2, 0.25) is 0 Å². The van der Waals surface area contributed by atoms with Crippen molar-refractivity contribution in [3.63, 3.8) is 0 Å². The van der Waals surface area contributed by atoms with Crippen LogP contribution in [0.15, 0.2) is 18.5 Å². The Hall–Kier alpha value is -1.08. The molecule has 1 aromatic rings. The van der Waals surface area contributed by atoms with Crippen LogP contribution in [0.3, 0.4) is 0 Å². The summed E-state index contributed by atoms with van der Waals surface area (Å²) in [4.78, 5) is 8.47. The maximum atomic E-state index is 13.3. The molecule has 106 valence electrons. The van der Waals surface area contributed by atoms with Gasteiger partial charge < -0.3 is 9.80 Å². The van der Waals surface area contributed by atoms with Crippen molar-refractivity contribution in [1.82, 2.24) is 20.2 Å². The molecule has 1 aliphatic heterocycles. The lowest BCUT2D eigenvalue weighted by Gasteiger charge is -2.34. The van der Waals surface area contributed by atoms with Crippen LogP contribution in [-0.2, 0) is 0 Å². The van der Waals surface area contributed by atoms with Crippen molar-refractivity contribution in [3.05, 3.63) is 29.8 Å². The summed E-state index contributed by atoms with van der Waals surface area (Å²) in [6, 6.07) is 1.56. The minimum Gasteiger partial charge on any atom is -0.305 e. The molecule has 2 atom stereocenters. The quantitative estimate of drug-likeness (QED) is 0.612. The number of pyridine rings is 1. The first-order valence-corrected chi connectivity index (χ1v) is 6.57. The maximum Gasteiger partial charge on any atom is 0.141 e. The Morgan fingerprint density at radius 1 is 1.42 bits per heavy atom. The highest BCUT2D eigenvalue weighted by Crippen LogP contribution is 2.22. The van der Waals surface area contributed by atoms with Gasteiger partial charge in [0.15, 0.2) is 0 Å². The van der Waals surface area contributed by atoms with Crippen molar-refractivity contribution in [1.29, 1.82) is 0 Å². The van der Waals surface area contributed by atoms with Gasteiger partial charge in [-0.05, 0) is 45.2 Å². The lowest BCUT2D eigenvalue weighted by atomic mass is 10.00. The summed E-state index contributed by atoms with van der Waals surface area (Å²) in [5.74, 6) is 5.37. The molecule has 1 saturated heterocycles. The zero-order chi connectivity index (χ0) is 13.8. The Labute approximate surface area is 113 Å². The van der Waals surface area contributed by atoms with Crippen molar-refractivity contribution in [3.8, 4) is 0 Å².